The standard InChI is InChI=1S/C22H31N3O2/c26-21(25-16-4-5-17-25)13-10-19-8-11-20(12-9-19)24-22(27)23-15-14-18-6-2-1-3-7-18/h6,8-9,11-12H,1-5,7,10,13-17H2,(H2,23,24,27). The molecule has 1 aromatic carbocycles. The third-order valence-electron chi connectivity index (χ3n) is 5.41. The number of carbonyl (C=O) groups excluding carboxylic acids is 2. The Morgan fingerprint density at radius 2 is 1.74 bits per heavy atom. The zero-order chi connectivity index (χ0) is 18.9. The minimum Gasteiger partial charge on any atom is -0.343 e. The van der Waals surface area contributed by atoms with Crippen molar-refractivity contribution >= 4 is 17.6 Å². The molecule has 5 heteroatoms. The molecule has 1 fully saturated rings. The molecule has 1 aliphatic heterocycles. The predicted molar refractivity (Wildman–Crippen MR) is 109 cm³/mol. The lowest BCUT2D eigenvalue weighted by molar-refractivity contribution is -0.130. The van der Waals surface area contributed by atoms with Crippen LogP contribution >= 0.6 is 0 Å². The normalized spacial score (nSPS) is 16.7. The third-order valence-corrected chi connectivity index (χ3v) is 5.41. The topological polar surface area (TPSA) is 61.4 Å². The summed E-state index contributed by atoms with van der Waals surface area (Å²) in [6, 6.07) is 7.61. The predicted octanol–water partition coefficient (Wildman–Crippen LogP) is 4.25. The van der Waals surface area contributed by atoms with Crippen LogP contribution in [0.5, 0.6) is 0 Å². The molecule has 146 valence electrons. The van der Waals surface area contributed by atoms with Gasteiger partial charge in [-0.2, -0.15) is 0 Å². The van der Waals surface area contributed by atoms with Crippen LogP contribution in [0.1, 0.15) is 56.9 Å². The molecule has 1 aromatic rings. The number of allylic oxidation sites excluding steroid dienone is 1. The van der Waals surface area contributed by atoms with E-state index in [-0.39, 0.29) is 11.9 Å². The first kappa shape index (κ1) is 19.5. The Balaban J connectivity index is 1.35. The summed E-state index contributed by atoms with van der Waals surface area (Å²) in [5.74, 6) is 0.252. The fraction of sp³-hybridized carbons (Fsp3) is 0.545. The molecule has 3 amide bonds. The van der Waals surface area contributed by atoms with Crippen molar-refractivity contribution < 1.29 is 9.59 Å². The van der Waals surface area contributed by atoms with Gasteiger partial charge in [0.25, 0.3) is 0 Å². The third kappa shape index (κ3) is 6.42. The summed E-state index contributed by atoms with van der Waals surface area (Å²) in [7, 11) is 0. The van der Waals surface area contributed by atoms with Crippen LogP contribution in [0.2, 0.25) is 0 Å². The molecule has 0 bridgehead atoms. The summed E-state index contributed by atoms with van der Waals surface area (Å²) in [6.45, 7) is 2.50. The van der Waals surface area contributed by atoms with Crippen molar-refractivity contribution in [1.29, 1.82) is 0 Å². The van der Waals surface area contributed by atoms with Crippen molar-refractivity contribution in [2.24, 2.45) is 0 Å². The maximum Gasteiger partial charge on any atom is 0.319 e. The molecule has 2 aliphatic rings. The maximum atomic E-state index is 12.1. The Morgan fingerprint density at radius 3 is 2.44 bits per heavy atom. The second-order valence-electron chi connectivity index (χ2n) is 7.52. The summed E-state index contributed by atoms with van der Waals surface area (Å²) < 4.78 is 0. The van der Waals surface area contributed by atoms with Gasteiger partial charge >= 0.3 is 6.03 Å². The molecule has 5 nitrogen and oxygen atoms in total. The van der Waals surface area contributed by atoms with Crippen LogP contribution in [-0.4, -0.2) is 36.5 Å². The van der Waals surface area contributed by atoms with Crippen LogP contribution in [-0.2, 0) is 11.2 Å². The number of nitrogens with one attached hydrogen (secondary N) is 2. The molecule has 0 aromatic heterocycles. The van der Waals surface area contributed by atoms with Crippen LogP contribution in [0.4, 0.5) is 10.5 Å². The first-order chi connectivity index (χ1) is 13.2. The van der Waals surface area contributed by atoms with Crippen LogP contribution in [0.3, 0.4) is 0 Å². The number of nitrogens with zero attached hydrogens (tertiary/aromatic N) is 1. The largest absolute Gasteiger partial charge is 0.343 e. The molecule has 27 heavy (non-hydrogen) atoms. The van der Waals surface area contributed by atoms with Gasteiger partial charge in [0.1, 0.15) is 0 Å². The highest BCUT2D eigenvalue weighted by Crippen LogP contribution is 2.19. The lowest BCUT2D eigenvalue weighted by Crippen LogP contribution is -2.29. The average molecular weight is 370 g/mol. The van der Waals surface area contributed by atoms with E-state index in [1.165, 1.54) is 31.3 Å². The second-order valence-corrected chi connectivity index (χ2v) is 7.52. The number of carbonyl (C=O) groups is 2. The summed E-state index contributed by atoms with van der Waals surface area (Å²) >= 11 is 0. The molecule has 1 aliphatic carbocycles. The molecular formula is C22H31N3O2. The Labute approximate surface area is 162 Å². The number of rotatable bonds is 7. The quantitative estimate of drug-likeness (QED) is 0.706. The number of hydrogen-bond donors (Lipinski definition) is 2. The van der Waals surface area contributed by atoms with Gasteiger partial charge < -0.3 is 15.5 Å². The van der Waals surface area contributed by atoms with Crippen molar-refractivity contribution in [2.45, 2.75) is 57.8 Å². The minimum absolute atomic E-state index is 0.164. The second kappa shape index (κ2) is 10.1. The molecule has 1 saturated heterocycles. The van der Waals surface area contributed by atoms with Gasteiger partial charge in [-0.05, 0) is 69.1 Å². The lowest BCUT2D eigenvalue weighted by Gasteiger charge is -2.15. The Hall–Kier alpha value is -2.30. The van der Waals surface area contributed by atoms with Gasteiger partial charge in [0.2, 0.25) is 5.91 Å². The number of amides is 3. The van der Waals surface area contributed by atoms with E-state index in [1.807, 2.05) is 29.2 Å². The van der Waals surface area contributed by atoms with E-state index in [0.29, 0.717) is 13.0 Å². The molecule has 0 unspecified atom stereocenters. The number of benzene rings is 1. The van der Waals surface area contributed by atoms with Crippen molar-refractivity contribution in [2.75, 3.05) is 25.0 Å². The Kier molecular flexibility index (Phi) is 7.31. The zero-order valence-electron chi connectivity index (χ0n) is 16.1. The first-order valence-electron chi connectivity index (χ1n) is 10.3. The van der Waals surface area contributed by atoms with Gasteiger partial charge in [0.15, 0.2) is 0 Å². The SMILES string of the molecule is O=C(NCCC1=CCCCC1)Nc1ccc(CCC(=O)N2CCCC2)cc1. The highest BCUT2D eigenvalue weighted by atomic mass is 16.2. The van der Waals surface area contributed by atoms with Gasteiger partial charge in [-0.25, -0.2) is 4.79 Å². The van der Waals surface area contributed by atoms with Gasteiger partial charge in [-0.3, -0.25) is 4.79 Å². The molecular weight excluding hydrogens is 338 g/mol. The van der Waals surface area contributed by atoms with E-state index in [9.17, 15) is 9.59 Å². The molecule has 0 saturated carbocycles. The van der Waals surface area contributed by atoms with Gasteiger partial charge in [-0.1, -0.05) is 23.8 Å². The summed E-state index contributed by atoms with van der Waals surface area (Å²) in [6.07, 6.45) is 11.7. The highest BCUT2D eigenvalue weighted by Gasteiger charge is 2.17. The number of hydrogen-bond acceptors (Lipinski definition) is 2. The maximum absolute atomic E-state index is 12.1. The number of urea groups is 1. The van der Waals surface area contributed by atoms with Crippen molar-refractivity contribution in [3.63, 3.8) is 0 Å². The average Bonchev–Trinajstić information content (AvgIpc) is 3.23. The summed E-state index contributed by atoms with van der Waals surface area (Å²) in [4.78, 5) is 26.1. The molecule has 3 rings (SSSR count). The fourth-order valence-corrected chi connectivity index (χ4v) is 3.77. The van der Waals surface area contributed by atoms with Gasteiger partial charge in [-0.15, -0.1) is 0 Å². The minimum atomic E-state index is -0.164. The van der Waals surface area contributed by atoms with E-state index in [2.05, 4.69) is 16.7 Å². The van der Waals surface area contributed by atoms with E-state index in [0.717, 1.165) is 50.0 Å². The van der Waals surface area contributed by atoms with E-state index >= 15 is 0 Å². The number of anilines is 1. The lowest BCUT2D eigenvalue weighted by atomic mass is 9.97. The molecule has 1 heterocycles. The molecule has 2 N–H and O–H groups in total. The van der Waals surface area contributed by atoms with Crippen LogP contribution in [0.25, 0.3) is 0 Å². The van der Waals surface area contributed by atoms with Crippen molar-refractivity contribution in [1.82, 2.24) is 10.2 Å². The van der Waals surface area contributed by atoms with Crippen LogP contribution < -0.4 is 10.6 Å². The fourth-order valence-electron chi connectivity index (χ4n) is 3.77. The summed E-state index contributed by atoms with van der Waals surface area (Å²) in [5.41, 5.74) is 3.37. The number of aryl methyl sites for hydroxylation is 1. The van der Waals surface area contributed by atoms with Crippen molar-refractivity contribution in [3.8, 4) is 0 Å². The Morgan fingerprint density at radius 1 is 0.963 bits per heavy atom. The molecule has 0 atom stereocenters. The molecule has 0 radical (unpaired) electrons. The van der Waals surface area contributed by atoms with E-state index in [4.69, 9.17) is 0 Å². The monoisotopic (exact) mass is 369 g/mol. The van der Waals surface area contributed by atoms with Crippen LogP contribution in [0, 0.1) is 0 Å². The molecule has 0 spiro atoms. The number of likely N-dealkylation sites (tertiary alicyclic amines) is 1. The van der Waals surface area contributed by atoms with Gasteiger partial charge in [0.05, 0.1) is 0 Å². The highest BCUT2D eigenvalue weighted by molar-refractivity contribution is 5.89. The Bertz CT molecular complexity index is 661. The van der Waals surface area contributed by atoms with E-state index in [1.54, 1.807) is 0 Å². The van der Waals surface area contributed by atoms with E-state index < -0.39 is 0 Å². The smallest absolute Gasteiger partial charge is 0.319 e. The van der Waals surface area contributed by atoms with Crippen LogP contribution in [0.15, 0.2) is 35.9 Å². The zero-order valence-corrected chi connectivity index (χ0v) is 16.1. The van der Waals surface area contributed by atoms with Crippen molar-refractivity contribution in [3.05, 3.63) is 41.5 Å². The first-order valence-corrected chi connectivity index (χ1v) is 10.3. The summed E-state index contributed by atoms with van der Waals surface area (Å²) in [5, 5.41) is 5.80. The van der Waals surface area contributed by atoms with Gasteiger partial charge in [0, 0.05) is 31.7 Å².